The molecule has 1 amide bonds. The van der Waals surface area contributed by atoms with E-state index in [1.165, 1.54) is 0 Å². The Kier molecular flexibility index (Phi) is 5.71. The molecule has 0 unspecified atom stereocenters. The van der Waals surface area contributed by atoms with E-state index in [2.05, 4.69) is 0 Å². The van der Waals surface area contributed by atoms with Crippen molar-refractivity contribution in [1.29, 1.82) is 0 Å². The fourth-order valence-electron chi connectivity index (χ4n) is 4.35. The van der Waals surface area contributed by atoms with Gasteiger partial charge in [0, 0.05) is 18.3 Å². The van der Waals surface area contributed by atoms with Crippen molar-refractivity contribution in [2.45, 2.75) is 18.5 Å². The minimum absolute atomic E-state index is 0.00548. The first-order valence-corrected chi connectivity index (χ1v) is 11.8. The second kappa shape index (κ2) is 8.28. The van der Waals surface area contributed by atoms with Gasteiger partial charge in [0.2, 0.25) is 5.91 Å². The molecular formula is C22H26N2O5S. The van der Waals surface area contributed by atoms with Crippen LogP contribution in [0.4, 0.5) is 5.69 Å². The highest BCUT2D eigenvalue weighted by atomic mass is 32.2. The summed E-state index contributed by atoms with van der Waals surface area (Å²) in [6.45, 7) is 0.837. The number of sulfone groups is 1. The van der Waals surface area contributed by atoms with Crippen LogP contribution >= 0.6 is 0 Å². The molecule has 0 radical (unpaired) electrons. The fourth-order valence-corrected chi connectivity index (χ4v) is 6.33. The number of hydrogen-bond donors (Lipinski definition) is 0. The third kappa shape index (κ3) is 4.15. The van der Waals surface area contributed by atoms with Gasteiger partial charge in [-0.3, -0.25) is 9.69 Å². The summed E-state index contributed by atoms with van der Waals surface area (Å²) < 4.78 is 35.3. The van der Waals surface area contributed by atoms with Crippen LogP contribution in [0.15, 0.2) is 48.5 Å². The number of fused-ring (bicyclic) bond motifs is 1. The van der Waals surface area contributed by atoms with Crippen molar-refractivity contribution in [3.05, 3.63) is 54.1 Å². The van der Waals surface area contributed by atoms with Crippen LogP contribution in [-0.2, 0) is 21.1 Å². The van der Waals surface area contributed by atoms with E-state index in [9.17, 15) is 13.2 Å². The van der Waals surface area contributed by atoms with Gasteiger partial charge < -0.3 is 14.4 Å². The number of piperazine rings is 1. The van der Waals surface area contributed by atoms with E-state index in [1.54, 1.807) is 31.3 Å². The Bertz CT molecular complexity index is 1000. The maximum absolute atomic E-state index is 13.0. The van der Waals surface area contributed by atoms with Crippen molar-refractivity contribution in [1.82, 2.24) is 4.90 Å². The SMILES string of the molecule is COc1ccc(CCN2CC(=O)N(c3ccc(OC)cc3)[C@H]3CS(=O)(=O)C[C@H]32)cc1. The average Bonchev–Trinajstić information content (AvgIpc) is 3.07. The number of methoxy groups -OCH3 is 2. The maximum atomic E-state index is 13.0. The summed E-state index contributed by atoms with van der Waals surface area (Å²) in [6.07, 6.45) is 0.739. The zero-order chi connectivity index (χ0) is 21.3. The Morgan fingerprint density at radius 2 is 1.47 bits per heavy atom. The van der Waals surface area contributed by atoms with Crippen molar-refractivity contribution in [2.24, 2.45) is 0 Å². The van der Waals surface area contributed by atoms with Crippen molar-refractivity contribution in [3.8, 4) is 11.5 Å². The second-order valence-corrected chi connectivity index (χ2v) is 9.90. The van der Waals surface area contributed by atoms with Crippen molar-refractivity contribution >= 4 is 21.4 Å². The first-order chi connectivity index (χ1) is 14.4. The Morgan fingerprint density at radius 1 is 0.900 bits per heavy atom. The standard InChI is InChI=1S/C22H26N2O5S/c1-28-18-7-3-16(4-8-18)11-12-23-13-22(25)24(17-5-9-19(29-2)10-6-17)21-15-30(26,27)14-20(21)23/h3-10,20-21H,11-15H2,1-2H3/t20-,21+/m1/s1. The zero-order valence-corrected chi connectivity index (χ0v) is 18.0. The van der Waals surface area contributed by atoms with Crippen LogP contribution in [0.5, 0.6) is 11.5 Å². The Hall–Kier alpha value is -2.58. The monoisotopic (exact) mass is 430 g/mol. The number of anilines is 1. The van der Waals surface area contributed by atoms with Gasteiger partial charge in [0.05, 0.1) is 38.3 Å². The maximum Gasteiger partial charge on any atom is 0.241 e. The quantitative estimate of drug-likeness (QED) is 0.695. The van der Waals surface area contributed by atoms with Gasteiger partial charge in [0.15, 0.2) is 9.84 Å². The molecule has 0 saturated carbocycles. The highest BCUT2D eigenvalue weighted by Crippen LogP contribution is 2.32. The topological polar surface area (TPSA) is 76.2 Å². The van der Waals surface area contributed by atoms with Gasteiger partial charge >= 0.3 is 0 Å². The van der Waals surface area contributed by atoms with Gasteiger partial charge in [0.1, 0.15) is 11.5 Å². The van der Waals surface area contributed by atoms with Crippen LogP contribution in [0.2, 0.25) is 0 Å². The first-order valence-electron chi connectivity index (χ1n) is 9.94. The molecule has 2 fully saturated rings. The smallest absolute Gasteiger partial charge is 0.241 e. The lowest BCUT2D eigenvalue weighted by Gasteiger charge is -2.43. The lowest BCUT2D eigenvalue weighted by Crippen LogP contribution is -2.62. The number of hydrogen-bond acceptors (Lipinski definition) is 6. The molecule has 7 nitrogen and oxygen atoms in total. The predicted molar refractivity (Wildman–Crippen MR) is 115 cm³/mol. The van der Waals surface area contributed by atoms with Crippen LogP contribution in [0.3, 0.4) is 0 Å². The van der Waals surface area contributed by atoms with E-state index in [0.717, 1.165) is 17.7 Å². The molecule has 4 rings (SSSR count). The van der Waals surface area contributed by atoms with Crippen molar-refractivity contribution in [2.75, 3.05) is 43.7 Å². The van der Waals surface area contributed by atoms with Crippen molar-refractivity contribution < 1.29 is 22.7 Å². The summed E-state index contributed by atoms with van der Waals surface area (Å²) in [5.74, 6) is 1.49. The second-order valence-electron chi connectivity index (χ2n) is 7.74. The van der Waals surface area contributed by atoms with E-state index in [1.807, 2.05) is 41.3 Å². The molecule has 0 aliphatic carbocycles. The highest BCUT2D eigenvalue weighted by Gasteiger charge is 2.49. The van der Waals surface area contributed by atoms with E-state index in [0.29, 0.717) is 18.0 Å². The molecule has 2 atom stereocenters. The van der Waals surface area contributed by atoms with E-state index < -0.39 is 9.84 Å². The zero-order valence-electron chi connectivity index (χ0n) is 17.2. The van der Waals surface area contributed by atoms with Gasteiger partial charge in [0.25, 0.3) is 0 Å². The lowest BCUT2D eigenvalue weighted by atomic mass is 10.0. The van der Waals surface area contributed by atoms with Crippen molar-refractivity contribution in [3.63, 3.8) is 0 Å². The van der Waals surface area contributed by atoms with Gasteiger partial charge in [-0.15, -0.1) is 0 Å². The Morgan fingerprint density at radius 3 is 2.07 bits per heavy atom. The molecule has 2 aromatic rings. The molecule has 0 N–H and O–H groups in total. The first kappa shape index (κ1) is 20.7. The summed E-state index contributed by atoms with van der Waals surface area (Å²) in [5, 5.41) is 0. The molecule has 30 heavy (non-hydrogen) atoms. The molecule has 0 aromatic heterocycles. The van der Waals surface area contributed by atoms with Crippen LogP contribution in [0.25, 0.3) is 0 Å². The molecule has 2 aliphatic rings. The minimum atomic E-state index is -3.21. The predicted octanol–water partition coefficient (Wildman–Crippen LogP) is 1.76. The van der Waals surface area contributed by atoms with E-state index in [-0.39, 0.29) is 36.0 Å². The van der Waals surface area contributed by atoms with Crippen LogP contribution in [-0.4, -0.2) is 70.1 Å². The molecule has 2 heterocycles. The summed E-state index contributed by atoms with van der Waals surface area (Å²) in [4.78, 5) is 16.7. The van der Waals surface area contributed by atoms with Gasteiger partial charge in [-0.2, -0.15) is 0 Å². The van der Waals surface area contributed by atoms with Crippen LogP contribution < -0.4 is 14.4 Å². The minimum Gasteiger partial charge on any atom is -0.497 e. The Labute approximate surface area is 177 Å². The molecule has 2 aromatic carbocycles. The van der Waals surface area contributed by atoms with E-state index in [4.69, 9.17) is 9.47 Å². The molecular weight excluding hydrogens is 404 g/mol. The van der Waals surface area contributed by atoms with Gasteiger partial charge in [-0.05, 0) is 48.4 Å². The van der Waals surface area contributed by atoms with E-state index >= 15 is 0 Å². The van der Waals surface area contributed by atoms with Crippen LogP contribution in [0, 0.1) is 0 Å². The molecule has 160 valence electrons. The third-order valence-electron chi connectivity index (χ3n) is 5.90. The average molecular weight is 431 g/mol. The fraction of sp³-hybridized carbons (Fsp3) is 0.409. The summed E-state index contributed by atoms with van der Waals surface area (Å²) in [7, 11) is 0.00555. The molecule has 0 spiro atoms. The number of rotatable bonds is 6. The summed E-state index contributed by atoms with van der Waals surface area (Å²) >= 11 is 0. The summed E-state index contributed by atoms with van der Waals surface area (Å²) in [5.41, 5.74) is 1.83. The molecule has 8 heteroatoms. The number of nitrogens with zero attached hydrogens (tertiary/aromatic N) is 2. The summed E-state index contributed by atoms with van der Waals surface area (Å²) in [6, 6.07) is 14.4. The number of carbonyl (C=O) groups is 1. The van der Waals surface area contributed by atoms with Gasteiger partial charge in [-0.1, -0.05) is 12.1 Å². The van der Waals surface area contributed by atoms with Crippen LogP contribution in [0.1, 0.15) is 5.56 Å². The normalized spacial score (nSPS) is 23.3. The molecule has 2 aliphatic heterocycles. The van der Waals surface area contributed by atoms with Gasteiger partial charge in [-0.25, -0.2) is 8.42 Å². The lowest BCUT2D eigenvalue weighted by molar-refractivity contribution is -0.123. The molecule has 0 bridgehead atoms. The number of ether oxygens (including phenoxy) is 2. The highest BCUT2D eigenvalue weighted by molar-refractivity contribution is 7.91. The number of carbonyl (C=O) groups excluding carboxylic acids is 1. The third-order valence-corrected chi connectivity index (χ3v) is 7.60. The Balaban J connectivity index is 1.54. The largest absolute Gasteiger partial charge is 0.497 e. The molecule has 2 saturated heterocycles. The number of amides is 1. The number of benzene rings is 2.